The largest absolute Gasteiger partial charge is 0.384 e. The number of nitrogens with one attached hydrogen (secondary N) is 3. The van der Waals surface area contributed by atoms with Crippen LogP contribution in [0.5, 0.6) is 0 Å². The van der Waals surface area contributed by atoms with Gasteiger partial charge in [0.2, 0.25) is 17.7 Å². The van der Waals surface area contributed by atoms with Crippen molar-refractivity contribution in [2.75, 3.05) is 13.6 Å². The number of hydrogen-bond acceptors (Lipinski definition) is 5. The van der Waals surface area contributed by atoms with Gasteiger partial charge in [-0.05, 0) is 67.9 Å². The third kappa shape index (κ3) is 11.6. The maximum Gasteiger partial charge on any atom is 0.245 e. The van der Waals surface area contributed by atoms with E-state index in [1.807, 2.05) is 54.6 Å². The summed E-state index contributed by atoms with van der Waals surface area (Å²) >= 11 is 0. The fourth-order valence-electron chi connectivity index (χ4n) is 7.43. The number of nitrogens with zero attached hydrogens (tertiary/aromatic N) is 2. The Balaban J connectivity index is 1.55. The number of hydrogen-bond donors (Lipinski definition) is 6. The SMILES string of the molecule is CN(Cc1ccccc1)C(=O)C(CCCN=C(N)N)NC(=O)C(NC(=O)C(Cc1ccc(C(=N)N)cc1)C1CCCCC1)C1CCCCC1. The van der Waals surface area contributed by atoms with Crippen LogP contribution in [-0.2, 0) is 27.3 Å². The molecule has 2 saturated carbocycles. The molecule has 2 aliphatic carbocycles. The first-order chi connectivity index (χ1) is 23.6. The number of amides is 3. The average molecular weight is 673 g/mol. The average Bonchev–Trinajstić information content (AvgIpc) is 3.11. The number of guanidine groups is 1. The van der Waals surface area contributed by atoms with E-state index in [0.29, 0.717) is 37.9 Å². The minimum atomic E-state index is -0.799. The first kappa shape index (κ1) is 37.4. The third-order valence-electron chi connectivity index (χ3n) is 10.2. The lowest BCUT2D eigenvalue weighted by Crippen LogP contribution is -2.57. The van der Waals surface area contributed by atoms with Crippen molar-refractivity contribution in [1.29, 1.82) is 5.41 Å². The first-order valence-corrected chi connectivity index (χ1v) is 18.0. The van der Waals surface area contributed by atoms with Gasteiger partial charge in [-0.1, -0.05) is 93.1 Å². The van der Waals surface area contributed by atoms with Gasteiger partial charge in [-0.15, -0.1) is 0 Å². The van der Waals surface area contributed by atoms with Crippen molar-refractivity contribution in [3.8, 4) is 0 Å². The van der Waals surface area contributed by atoms with E-state index in [4.69, 9.17) is 22.6 Å². The molecule has 0 spiro atoms. The van der Waals surface area contributed by atoms with Crippen LogP contribution < -0.4 is 27.8 Å². The Bertz CT molecular complexity index is 1400. The normalized spacial score (nSPS) is 17.2. The highest BCUT2D eigenvalue weighted by molar-refractivity contribution is 5.95. The van der Waals surface area contributed by atoms with Crippen LogP contribution in [0.3, 0.4) is 0 Å². The third-order valence-corrected chi connectivity index (χ3v) is 10.2. The Morgan fingerprint density at radius 1 is 0.816 bits per heavy atom. The van der Waals surface area contributed by atoms with E-state index < -0.39 is 12.1 Å². The molecule has 9 N–H and O–H groups in total. The molecular formula is C38H56N8O3. The maximum atomic E-state index is 14.3. The summed E-state index contributed by atoms with van der Waals surface area (Å²) < 4.78 is 0. The monoisotopic (exact) mass is 672 g/mol. The lowest BCUT2D eigenvalue weighted by molar-refractivity contribution is -0.138. The molecule has 11 nitrogen and oxygen atoms in total. The van der Waals surface area contributed by atoms with Gasteiger partial charge < -0.3 is 32.7 Å². The number of carbonyl (C=O) groups is 3. The van der Waals surface area contributed by atoms with Crippen LogP contribution >= 0.6 is 0 Å². The highest BCUT2D eigenvalue weighted by Crippen LogP contribution is 2.33. The Labute approximate surface area is 291 Å². The summed E-state index contributed by atoms with van der Waals surface area (Å²) in [5.74, 6) is -0.732. The van der Waals surface area contributed by atoms with E-state index >= 15 is 0 Å². The summed E-state index contributed by atoms with van der Waals surface area (Å²) in [6.07, 6.45) is 11.5. The minimum Gasteiger partial charge on any atom is -0.384 e. The highest BCUT2D eigenvalue weighted by atomic mass is 16.2. The van der Waals surface area contributed by atoms with Crippen LogP contribution in [0, 0.1) is 23.2 Å². The van der Waals surface area contributed by atoms with Gasteiger partial charge in [-0.2, -0.15) is 0 Å². The number of rotatable bonds is 16. The minimum absolute atomic E-state index is 0.00810. The zero-order valence-electron chi connectivity index (χ0n) is 29.0. The molecule has 49 heavy (non-hydrogen) atoms. The number of aliphatic imine (C=N–C) groups is 1. The molecule has 0 heterocycles. The molecule has 2 aromatic carbocycles. The molecule has 2 aromatic rings. The van der Waals surface area contributed by atoms with Gasteiger partial charge in [0.1, 0.15) is 17.9 Å². The van der Waals surface area contributed by atoms with Gasteiger partial charge in [0.25, 0.3) is 0 Å². The number of likely N-dealkylation sites (N-methyl/N-ethyl adjacent to an activating group) is 1. The van der Waals surface area contributed by atoms with Crippen molar-refractivity contribution in [3.63, 3.8) is 0 Å². The van der Waals surface area contributed by atoms with E-state index in [1.54, 1.807) is 11.9 Å². The van der Waals surface area contributed by atoms with Crippen LogP contribution in [0.25, 0.3) is 0 Å². The van der Waals surface area contributed by atoms with Gasteiger partial charge in [-0.25, -0.2) is 0 Å². The van der Waals surface area contributed by atoms with E-state index in [-0.39, 0.29) is 47.3 Å². The number of nitrogen functional groups attached to an aromatic ring is 1. The second-order valence-electron chi connectivity index (χ2n) is 13.9. The molecule has 0 bridgehead atoms. The summed E-state index contributed by atoms with van der Waals surface area (Å²) in [5.41, 5.74) is 19.4. The summed E-state index contributed by atoms with van der Waals surface area (Å²) in [5, 5.41) is 14.1. The molecular weight excluding hydrogens is 616 g/mol. The van der Waals surface area contributed by atoms with Crippen LogP contribution in [0.1, 0.15) is 93.7 Å². The van der Waals surface area contributed by atoms with Crippen molar-refractivity contribution in [2.45, 2.75) is 102 Å². The Kier molecular flexibility index (Phi) is 14.5. The zero-order chi connectivity index (χ0) is 35.2. The van der Waals surface area contributed by atoms with Crippen LogP contribution in [0.4, 0.5) is 0 Å². The summed E-state index contributed by atoms with van der Waals surface area (Å²) in [6.45, 7) is 0.739. The summed E-state index contributed by atoms with van der Waals surface area (Å²) in [6, 6.07) is 15.7. The van der Waals surface area contributed by atoms with Crippen LogP contribution in [0.2, 0.25) is 0 Å². The van der Waals surface area contributed by atoms with Crippen molar-refractivity contribution in [1.82, 2.24) is 15.5 Å². The fraction of sp³-hybridized carbons (Fsp3) is 0.553. The molecule has 0 saturated heterocycles. The smallest absolute Gasteiger partial charge is 0.245 e. The molecule has 3 unspecified atom stereocenters. The molecule has 266 valence electrons. The lowest BCUT2D eigenvalue weighted by Gasteiger charge is -2.35. The molecule has 0 aliphatic heterocycles. The van der Waals surface area contributed by atoms with Crippen molar-refractivity contribution < 1.29 is 14.4 Å². The van der Waals surface area contributed by atoms with Crippen LogP contribution in [0.15, 0.2) is 59.6 Å². The molecule has 3 amide bonds. The Morgan fingerprint density at radius 2 is 1.43 bits per heavy atom. The highest BCUT2D eigenvalue weighted by Gasteiger charge is 2.37. The van der Waals surface area contributed by atoms with E-state index in [9.17, 15) is 14.4 Å². The van der Waals surface area contributed by atoms with E-state index in [2.05, 4.69) is 15.6 Å². The molecule has 2 aliphatic rings. The molecule has 2 fully saturated rings. The van der Waals surface area contributed by atoms with Crippen molar-refractivity contribution >= 4 is 29.5 Å². The summed E-state index contributed by atoms with van der Waals surface area (Å²) in [4.78, 5) is 48.1. The Hall–Kier alpha value is -4.41. The topological polar surface area (TPSA) is 193 Å². The second kappa shape index (κ2) is 19.0. The number of amidine groups is 1. The van der Waals surface area contributed by atoms with Gasteiger partial charge in [0, 0.05) is 31.6 Å². The van der Waals surface area contributed by atoms with E-state index in [1.165, 1.54) is 6.42 Å². The zero-order valence-corrected chi connectivity index (χ0v) is 29.0. The van der Waals surface area contributed by atoms with Gasteiger partial charge >= 0.3 is 0 Å². The molecule has 0 aromatic heterocycles. The number of nitrogens with two attached hydrogens (primary N) is 3. The predicted octanol–water partition coefficient (Wildman–Crippen LogP) is 3.97. The predicted molar refractivity (Wildman–Crippen MR) is 194 cm³/mol. The quantitative estimate of drug-likeness (QED) is 0.0887. The maximum absolute atomic E-state index is 14.3. The van der Waals surface area contributed by atoms with Crippen molar-refractivity contribution in [3.05, 3.63) is 71.3 Å². The molecule has 0 radical (unpaired) electrons. The van der Waals surface area contributed by atoms with Crippen molar-refractivity contribution in [2.24, 2.45) is 39.9 Å². The van der Waals surface area contributed by atoms with Crippen LogP contribution in [-0.4, -0.2) is 60.1 Å². The molecule has 3 atom stereocenters. The Morgan fingerprint density at radius 3 is 2.02 bits per heavy atom. The first-order valence-electron chi connectivity index (χ1n) is 18.0. The molecule has 4 rings (SSSR count). The van der Waals surface area contributed by atoms with Gasteiger partial charge in [0.15, 0.2) is 5.96 Å². The van der Waals surface area contributed by atoms with E-state index in [0.717, 1.165) is 68.9 Å². The summed E-state index contributed by atoms with van der Waals surface area (Å²) in [7, 11) is 1.74. The van der Waals surface area contributed by atoms with Gasteiger partial charge in [-0.3, -0.25) is 24.8 Å². The fourth-order valence-corrected chi connectivity index (χ4v) is 7.43. The lowest BCUT2D eigenvalue weighted by atomic mass is 9.76. The molecule has 11 heteroatoms. The van der Waals surface area contributed by atoms with Gasteiger partial charge in [0.05, 0.1) is 0 Å². The second-order valence-corrected chi connectivity index (χ2v) is 13.9. The number of carbonyl (C=O) groups excluding carboxylic acids is 3. The standard InChI is InChI=1S/C38H56N8O3/c1-46(25-27-12-5-2-6-13-27)37(49)32(18-11-23-43-38(41)42)44-36(48)33(29-16-9-4-10-17-29)45-35(47)31(28-14-7-3-8-15-28)24-26-19-21-30(22-20-26)34(39)40/h2,5-6,12-13,19-22,28-29,31-33H,3-4,7-11,14-18,23-25H2,1H3,(H3,39,40)(H,44,48)(H,45,47)(H4,41,42,43). The number of benzene rings is 2.